The Hall–Kier alpha value is -3.12. The molecule has 184 valence electrons. The Morgan fingerprint density at radius 1 is 1.21 bits per heavy atom. The van der Waals surface area contributed by atoms with Gasteiger partial charge in [0.25, 0.3) is 5.91 Å². The molecule has 2 aromatic rings. The number of nitrogens with two attached hydrogens (primary N) is 1. The van der Waals surface area contributed by atoms with Crippen LogP contribution in [0.25, 0.3) is 0 Å². The standard InChI is InChI=1S/C22H24F3N3O5S/c1-2-3-10-27-20(29)15-6-9-19-18(11-15)28(21(30)17(26)13-34(19,31)32)12-14-4-7-16(8-5-14)33-22(23,24)25/h4-9,11,17H,2-3,10,12-13,26H2,1H3,(H,27,29)/t17-/m0/s1. The molecular weight excluding hydrogens is 475 g/mol. The summed E-state index contributed by atoms with van der Waals surface area (Å²) in [5.74, 6) is -2.18. The van der Waals surface area contributed by atoms with Crippen LogP contribution in [0.15, 0.2) is 47.4 Å². The molecule has 0 saturated heterocycles. The second-order valence-corrected chi connectivity index (χ2v) is 9.80. The van der Waals surface area contributed by atoms with E-state index >= 15 is 0 Å². The summed E-state index contributed by atoms with van der Waals surface area (Å²) in [4.78, 5) is 26.5. The number of amides is 2. The first kappa shape index (κ1) is 25.5. The van der Waals surface area contributed by atoms with Crippen LogP contribution >= 0.6 is 0 Å². The van der Waals surface area contributed by atoms with Crippen LogP contribution in [0.3, 0.4) is 0 Å². The van der Waals surface area contributed by atoms with Crippen LogP contribution in [0.1, 0.15) is 35.7 Å². The lowest BCUT2D eigenvalue weighted by atomic mass is 10.1. The number of nitrogens with one attached hydrogen (secondary N) is 1. The van der Waals surface area contributed by atoms with Crippen molar-refractivity contribution >= 4 is 27.3 Å². The molecule has 2 amide bonds. The summed E-state index contributed by atoms with van der Waals surface area (Å²) < 4.78 is 66.8. The number of rotatable bonds is 7. The van der Waals surface area contributed by atoms with Crippen LogP contribution in [-0.2, 0) is 21.2 Å². The third kappa shape index (κ3) is 6.06. The number of carbonyl (C=O) groups is 2. The van der Waals surface area contributed by atoms with E-state index in [0.717, 1.165) is 29.9 Å². The van der Waals surface area contributed by atoms with Gasteiger partial charge < -0.3 is 20.7 Å². The molecular formula is C22H24F3N3O5S. The lowest BCUT2D eigenvalue weighted by Gasteiger charge is -2.24. The molecule has 0 radical (unpaired) electrons. The topological polar surface area (TPSA) is 119 Å². The third-order valence-corrected chi connectivity index (χ3v) is 6.96. The molecule has 2 aromatic carbocycles. The van der Waals surface area contributed by atoms with Gasteiger partial charge in [0.2, 0.25) is 5.91 Å². The van der Waals surface area contributed by atoms with Gasteiger partial charge in [-0.15, -0.1) is 13.2 Å². The SMILES string of the molecule is CCCCNC(=O)c1ccc2c(c1)N(Cc1ccc(OC(F)(F)F)cc1)C(=O)[C@@H](N)CS2(=O)=O. The summed E-state index contributed by atoms with van der Waals surface area (Å²) in [5, 5.41) is 2.73. The zero-order chi connectivity index (χ0) is 25.1. The van der Waals surface area contributed by atoms with E-state index in [1.165, 1.54) is 30.3 Å². The van der Waals surface area contributed by atoms with Crippen molar-refractivity contribution in [3.05, 3.63) is 53.6 Å². The minimum atomic E-state index is -4.85. The van der Waals surface area contributed by atoms with E-state index < -0.39 is 45.6 Å². The Labute approximate surface area is 194 Å². The molecule has 1 aliphatic rings. The number of halogens is 3. The summed E-state index contributed by atoms with van der Waals surface area (Å²) in [6.45, 7) is 2.22. The second-order valence-electron chi connectivity index (χ2n) is 7.80. The smallest absolute Gasteiger partial charge is 0.406 e. The van der Waals surface area contributed by atoms with E-state index in [1.807, 2.05) is 6.92 Å². The quantitative estimate of drug-likeness (QED) is 0.566. The van der Waals surface area contributed by atoms with E-state index in [0.29, 0.717) is 12.1 Å². The number of hydrogen-bond donors (Lipinski definition) is 2. The number of unbranched alkanes of at least 4 members (excludes halogenated alkanes) is 1. The lowest BCUT2D eigenvalue weighted by Crippen LogP contribution is -2.45. The number of alkyl halides is 3. The van der Waals surface area contributed by atoms with Gasteiger partial charge in [0, 0.05) is 12.1 Å². The van der Waals surface area contributed by atoms with E-state index in [-0.39, 0.29) is 22.7 Å². The molecule has 0 bridgehead atoms. The first-order valence-electron chi connectivity index (χ1n) is 10.5. The molecule has 3 N–H and O–H groups in total. The van der Waals surface area contributed by atoms with Gasteiger partial charge in [-0.25, -0.2) is 8.42 Å². The second kappa shape index (κ2) is 10.0. The Morgan fingerprint density at radius 2 is 1.88 bits per heavy atom. The van der Waals surface area contributed by atoms with Crippen LogP contribution in [-0.4, -0.2) is 44.9 Å². The van der Waals surface area contributed by atoms with Gasteiger partial charge in [0.15, 0.2) is 9.84 Å². The molecule has 34 heavy (non-hydrogen) atoms. The number of benzene rings is 2. The van der Waals surface area contributed by atoms with Crippen molar-refractivity contribution < 1.29 is 35.9 Å². The van der Waals surface area contributed by atoms with Crippen LogP contribution in [0.5, 0.6) is 5.75 Å². The molecule has 0 aromatic heterocycles. The summed E-state index contributed by atoms with van der Waals surface area (Å²) in [6.07, 6.45) is -3.22. The van der Waals surface area contributed by atoms with Crippen molar-refractivity contribution in [2.75, 3.05) is 17.2 Å². The normalized spacial score (nSPS) is 17.6. The molecule has 8 nitrogen and oxygen atoms in total. The maximum Gasteiger partial charge on any atom is 0.573 e. The minimum Gasteiger partial charge on any atom is -0.406 e. The minimum absolute atomic E-state index is 0.0169. The fourth-order valence-electron chi connectivity index (χ4n) is 3.47. The zero-order valence-electron chi connectivity index (χ0n) is 18.3. The van der Waals surface area contributed by atoms with E-state index in [9.17, 15) is 31.2 Å². The molecule has 12 heteroatoms. The maximum atomic E-state index is 13.0. The number of ether oxygens (including phenoxy) is 1. The highest BCUT2D eigenvalue weighted by molar-refractivity contribution is 7.91. The fraction of sp³-hybridized carbons (Fsp3) is 0.364. The summed E-state index contributed by atoms with van der Waals surface area (Å²) in [5.41, 5.74) is 6.40. The number of hydrogen-bond acceptors (Lipinski definition) is 6. The fourth-order valence-corrected chi connectivity index (χ4v) is 5.03. The van der Waals surface area contributed by atoms with Crippen molar-refractivity contribution in [3.8, 4) is 5.75 Å². The van der Waals surface area contributed by atoms with Crippen LogP contribution in [0, 0.1) is 0 Å². The van der Waals surface area contributed by atoms with Crippen molar-refractivity contribution in [3.63, 3.8) is 0 Å². The third-order valence-electron chi connectivity index (χ3n) is 5.14. The van der Waals surface area contributed by atoms with Gasteiger partial charge in [-0.1, -0.05) is 25.5 Å². The number of carbonyl (C=O) groups excluding carboxylic acids is 2. The lowest BCUT2D eigenvalue weighted by molar-refractivity contribution is -0.274. The first-order chi connectivity index (χ1) is 15.9. The molecule has 3 rings (SSSR count). The van der Waals surface area contributed by atoms with Gasteiger partial charge in [-0.2, -0.15) is 0 Å². The summed E-state index contributed by atoms with van der Waals surface area (Å²) in [7, 11) is -3.94. The van der Waals surface area contributed by atoms with Gasteiger partial charge in [-0.05, 0) is 42.3 Å². The van der Waals surface area contributed by atoms with Gasteiger partial charge in [0.05, 0.1) is 28.9 Å². The monoisotopic (exact) mass is 499 g/mol. The number of fused-ring (bicyclic) bond motifs is 1. The Kier molecular flexibility index (Phi) is 7.51. The first-order valence-corrected chi connectivity index (χ1v) is 12.1. The summed E-state index contributed by atoms with van der Waals surface area (Å²) in [6, 6.07) is 7.39. The number of nitrogens with zero attached hydrogens (tertiary/aromatic N) is 1. The van der Waals surface area contributed by atoms with Crippen molar-refractivity contribution in [2.45, 2.75) is 43.6 Å². The van der Waals surface area contributed by atoms with E-state index in [4.69, 9.17) is 5.73 Å². The summed E-state index contributed by atoms with van der Waals surface area (Å²) >= 11 is 0. The van der Waals surface area contributed by atoms with Gasteiger partial charge in [-0.3, -0.25) is 9.59 Å². The van der Waals surface area contributed by atoms with E-state index in [2.05, 4.69) is 10.1 Å². The van der Waals surface area contributed by atoms with Crippen LogP contribution < -0.4 is 20.7 Å². The largest absolute Gasteiger partial charge is 0.573 e. The highest BCUT2D eigenvalue weighted by atomic mass is 32.2. The van der Waals surface area contributed by atoms with Crippen molar-refractivity contribution in [2.24, 2.45) is 5.73 Å². The molecule has 1 heterocycles. The predicted molar refractivity (Wildman–Crippen MR) is 118 cm³/mol. The molecule has 0 aliphatic carbocycles. The average Bonchev–Trinajstić information content (AvgIpc) is 2.82. The average molecular weight is 500 g/mol. The molecule has 0 saturated carbocycles. The van der Waals surface area contributed by atoms with Crippen molar-refractivity contribution in [1.29, 1.82) is 0 Å². The van der Waals surface area contributed by atoms with Crippen molar-refractivity contribution in [1.82, 2.24) is 5.32 Å². The molecule has 1 aliphatic heterocycles. The molecule has 0 spiro atoms. The molecule has 0 fully saturated rings. The van der Waals surface area contributed by atoms with Crippen LogP contribution in [0.2, 0.25) is 0 Å². The Morgan fingerprint density at radius 3 is 2.50 bits per heavy atom. The van der Waals surface area contributed by atoms with Gasteiger partial charge in [0.1, 0.15) is 5.75 Å². The predicted octanol–water partition coefficient (Wildman–Crippen LogP) is 2.76. The Bertz CT molecular complexity index is 1170. The molecule has 0 unspecified atom stereocenters. The number of anilines is 1. The zero-order valence-corrected chi connectivity index (χ0v) is 19.1. The highest BCUT2D eigenvalue weighted by Gasteiger charge is 2.36. The maximum absolute atomic E-state index is 13.0. The molecule has 1 atom stereocenters. The van der Waals surface area contributed by atoms with Gasteiger partial charge >= 0.3 is 6.36 Å². The van der Waals surface area contributed by atoms with E-state index in [1.54, 1.807) is 0 Å². The number of sulfone groups is 1. The van der Waals surface area contributed by atoms with Crippen LogP contribution in [0.4, 0.5) is 18.9 Å². The highest BCUT2D eigenvalue weighted by Crippen LogP contribution is 2.33. The Balaban J connectivity index is 1.98.